The van der Waals surface area contributed by atoms with Crippen LogP contribution in [0.25, 0.3) is 11.1 Å². The minimum absolute atomic E-state index is 0.139. The van der Waals surface area contributed by atoms with Crippen molar-refractivity contribution in [2.24, 2.45) is 0 Å². The molecule has 0 saturated carbocycles. The summed E-state index contributed by atoms with van der Waals surface area (Å²) in [5.41, 5.74) is 2.68. The molecule has 1 aromatic heterocycles. The van der Waals surface area contributed by atoms with Crippen LogP contribution >= 0.6 is 11.3 Å². The van der Waals surface area contributed by atoms with Gasteiger partial charge in [0.2, 0.25) is 0 Å². The Labute approximate surface area is 112 Å². The molecule has 1 heterocycles. The summed E-state index contributed by atoms with van der Waals surface area (Å²) in [6.45, 7) is 6.89. The Morgan fingerprint density at radius 1 is 1.22 bits per heavy atom. The highest BCUT2D eigenvalue weighted by atomic mass is 32.1. The van der Waals surface area contributed by atoms with Crippen molar-refractivity contribution < 1.29 is 4.39 Å². The average molecular weight is 263 g/mol. The van der Waals surface area contributed by atoms with E-state index < -0.39 is 0 Å². The van der Waals surface area contributed by atoms with Crippen LogP contribution in [0.3, 0.4) is 0 Å². The third-order valence-electron chi connectivity index (χ3n) is 2.90. The van der Waals surface area contributed by atoms with E-state index in [4.69, 9.17) is 0 Å². The molecule has 0 aliphatic heterocycles. The summed E-state index contributed by atoms with van der Waals surface area (Å²) >= 11 is 1.65. The molecule has 96 valence electrons. The van der Waals surface area contributed by atoms with Crippen LogP contribution < -0.4 is 5.32 Å². The Morgan fingerprint density at radius 3 is 2.56 bits per heavy atom. The molecular formula is C15H18FNS. The monoisotopic (exact) mass is 263 g/mol. The summed E-state index contributed by atoms with van der Waals surface area (Å²) in [5.74, 6) is -0.139. The normalized spacial score (nSPS) is 11.2. The second-order valence-corrected chi connectivity index (χ2v) is 5.86. The van der Waals surface area contributed by atoms with Crippen LogP contribution in [-0.2, 0) is 6.54 Å². The van der Waals surface area contributed by atoms with Crippen LogP contribution in [0.2, 0.25) is 0 Å². The van der Waals surface area contributed by atoms with E-state index in [1.807, 2.05) is 30.5 Å². The van der Waals surface area contributed by atoms with Crippen molar-refractivity contribution in [1.29, 1.82) is 0 Å². The van der Waals surface area contributed by atoms with Crippen molar-refractivity contribution in [3.63, 3.8) is 0 Å². The van der Waals surface area contributed by atoms with Gasteiger partial charge in [0.1, 0.15) is 5.82 Å². The minimum Gasteiger partial charge on any atom is -0.310 e. The van der Waals surface area contributed by atoms with Gasteiger partial charge in [-0.3, -0.25) is 0 Å². The maximum absolute atomic E-state index is 14.1. The lowest BCUT2D eigenvalue weighted by atomic mass is 10.0. The van der Waals surface area contributed by atoms with Crippen molar-refractivity contribution in [2.45, 2.75) is 33.4 Å². The van der Waals surface area contributed by atoms with Gasteiger partial charge in [0, 0.05) is 23.0 Å². The van der Waals surface area contributed by atoms with E-state index in [9.17, 15) is 4.39 Å². The summed E-state index contributed by atoms with van der Waals surface area (Å²) in [6, 6.07) is 7.88. The minimum atomic E-state index is -0.139. The van der Waals surface area contributed by atoms with Gasteiger partial charge in [0.15, 0.2) is 0 Å². The predicted molar refractivity (Wildman–Crippen MR) is 76.4 cm³/mol. The first kappa shape index (κ1) is 13.2. The molecule has 0 fully saturated rings. The third-order valence-corrected chi connectivity index (χ3v) is 3.74. The molecular weight excluding hydrogens is 245 g/mol. The largest absolute Gasteiger partial charge is 0.310 e. The van der Waals surface area contributed by atoms with Gasteiger partial charge in [-0.1, -0.05) is 26.0 Å². The molecule has 2 aromatic rings. The van der Waals surface area contributed by atoms with Gasteiger partial charge in [0.25, 0.3) is 0 Å². The van der Waals surface area contributed by atoms with Crippen molar-refractivity contribution >= 4 is 11.3 Å². The maximum Gasteiger partial charge on any atom is 0.131 e. The number of aryl methyl sites for hydroxylation is 1. The van der Waals surface area contributed by atoms with Gasteiger partial charge in [0.05, 0.1) is 0 Å². The molecule has 0 atom stereocenters. The van der Waals surface area contributed by atoms with Gasteiger partial charge in [-0.2, -0.15) is 0 Å². The molecule has 3 heteroatoms. The summed E-state index contributed by atoms with van der Waals surface area (Å²) in [4.78, 5) is 1.15. The zero-order chi connectivity index (χ0) is 13.1. The van der Waals surface area contributed by atoms with Crippen LogP contribution in [0.1, 0.15) is 24.3 Å². The van der Waals surface area contributed by atoms with Crippen molar-refractivity contribution in [1.82, 2.24) is 5.32 Å². The average Bonchev–Trinajstić information content (AvgIpc) is 2.73. The summed E-state index contributed by atoms with van der Waals surface area (Å²) < 4.78 is 14.1. The van der Waals surface area contributed by atoms with Crippen molar-refractivity contribution in [2.75, 3.05) is 0 Å². The number of rotatable bonds is 4. The lowest BCUT2D eigenvalue weighted by molar-refractivity contribution is 0.582. The Balaban J connectivity index is 2.23. The van der Waals surface area contributed by atoms with Gasteiger partial charge >= 0.3 is 0 Å². The fourth-order valence-corrected chi connectivity index (χ4v) is 2.59. The molecule has 0 aliphatic rings. The highest BCUT2D eigenvalue weighted by Crippen LogP contribution is 2.29. The summed E-state index contributed by atoms with van der Waals surface area (Å²) in [7, 11) is 0. The first-order valence-electron chi connectivity index (χ1n) is 6.14. The fraction of sp³-hybridized carbons (Fsp3) is 0.333. The van der Waals surface area contributed by atoms with Crippen molar-refractivity contribution in [3.8, 4) is 11.1 Å². The fourth-order valence-electron chi connectivity index (χ4n) is 1.87. The van der Waals surface area contributed by atoms with E-state index in [2.05, 4.69) is 19.2 Å². The van der Waals surface area contributed by atoms with Gasteiger partial charge < -0.3 is 5.32 Å². The number of nitrogens with one attached hydrogen (secondary N) is 1. The Kier molecular flexibility index (Phi) is 4.15. The topological polar surface area (TPSA) is 12.0 Å². The molecule has 0 saturated heterocycles. The van der Waals surface area contributed by atoms with Gasteiger partial charge in [-0.15, -0.1) is 11.3 Å². The maximum atomic E-state index is 14.1. The number of hydrogen-bond donors (Lipinski definition) is 1. The first-order chi connectivity index (χ1) is 8.58. The second kappa shape index (κ2) is 5.63. The number of halogens is 1. The van der Waals surface area contributed by atoms with Crippen LogP contribution in [0.5, 0.6) is 0 Å². The van der Waals surface area contributed by atoms with E-state index in [-0.39, 0.29) is 5.82 Å². The van der Waals surface area contributed by atoms with Crippen molar-refractivity contribution in [3.05, 3.63) is 45.9 Å². The number of thiophene rings is 1. The lowest BCUT2D eigenvalue weighted by Gasteiger charge is -2.09. The Bertz CT molecular complexity index is 531. The molecule has 0 unspecified atom stereocenters. The number of hydrogen-bond acceptors (Lipinski definition) is 2. The molecule has 0 radical (unpaired) electrons. The molecule has 1 aromatic carbocycles. The first-order valence-corrected chi connectivity index (χ1v) is 7.02. The molecule has 1 nitrogen and oxygen atoms in total. The van der Waals surface area contributed by atoms with Gasteiger partial charge in [-0.05, 0) is 35.6 Å². The van der Waals surface area contributed by atoms with E-state index in [1.54, 1.807) is 17.4 Å². The van der Waals surface area contributed by atoms with Gasteiger partial charge in [-0.25, -0.2) is 4.39 Å². The quantitative estimate of drug-likeness (QED) is 0.864. The van der Waals surface area contributed by atoms with Crippen LogP contribution in [0.4, 0.5) is 4.39 Å². The molecule has 0 bridgehead atoms. The van der Waals surface area contributed by atoms with Crippen LogP contribution in [0.15, 0.2) is 29.6 Å². The van der Waals surface area contributed by atoms with Crippen LogP contribution in [0, 0.1) is 12.7 Å². The highest BCUT2D eigenvalue weighted by Gasteiger charge is 2.09. The molecule has 18 heavy (non-hydrogen) atoms. The Morgan fingerprint density at radius 2 is 2.00 bits per heavy atom. The SMILES string of the molecule is Cc1sccc1-c1ccc(CNC(C)C)cc1F. The molecule has 1 N–H and O–H groups in total. The zero-order valence-electron chi connectivity index (χ0n) is 11.0. The van der Waals surface area contributed by atoms with E-state index in [0.717, 1.165) is 16.0 Å². The predicted octanol–water partition coefficient (Wildman–Crippen LogP) is 4.36. The molecule has 0 amide bonds. The van der Waals surface area contributed by atoms with E-state index in [0.29, 0.717) is 18.2 Å². The standard InChI is InChI=1S/C15H18FNS/c1-10(2)17-9-12-4-5-14(15(16)8-12)13-6-7-18-11(13)3/h4-8,10,17H,9H2,1-3H3. The molecule has 2 rings (SSSR count). The van der Waals surface area contributed by atoms with E-state index >= 15 is 0 Å². The highest BCUT2D eigenvalue weighted by molar-refractivity contribution is 7.10. The summed E-state index contributed by atoms with van der Waals surface area (Å²) in [6.07, 6.45) is 0. The van der Waals surface area contributed by atoms with Crippen LogP contribution in [-0.4, -0.2) is 6.04 Å². The summed E-state index contributed by atoms with van der Waals surface area (Å²) in [5, 5.41) is 5.29. The molecule has 0 spiro atoms. The molecule has 0 aliphatic carbocycles. The Hall–Kier alpha value is -1.19. The third kappa shape index (κ3) is 2.98. The number of benzene rings is 1. The zero-order valence-corrected chi connectivity index (χ0v) is 11.8. The smallest absolute Gasteiger partial charge is 0.131 e. The van der Waals surface area contributed by atoms with E-state index in [1.165, 1.54) is 0 Å². The lowest BCUT2D eigenvalue weighted by Crippen LogP contribution is -2.21. The second-order valence-electron chi connectivity index (χ2n) is 4.74.